The first-order valence-corrected chi connectivity index (χ1v) is 9.47. The van der Waals surface area contributed by atoms with E-state index < -0.39 is 0 Å². The number of pyridine rings is 1. The highest BCUT2D eigenvalue weighted by Crippen LogP contribution is 2.34. The molecule has 6 nitrogen and oxygen atoms in total. The van der Waals surface area contributed by atoms with Crippen LogP contribution in [-0.4, -0.2) is 26.3 Å². The Labute approximate surface area is 166 Å². The van der Waals surface area contributed by atoms with Crippen LogP contribution in [0.4, 0.5) is 5.69 Å². The van der Waals surface area contributed by atoms with Gasteiger partial charge in [-0.2, -0.15) is 0 Å². The number of fused-ring (bicyclic) bond motifs is 1. The number of rotatable bonds is 2. The van der Waals surface area contributed by atoms with Crippen molar-refractivity contribution in [3.8, 4) is 11.5 Å². The van der Waals surface area contributed by atoms with E-state index in [-0.39, 0.29) is 17.4 Å². The molecule has 2 heterocycles. The first kappa shape index (κ1) is 17.6. The van der Waals surface area contributed by atoms with Crippen molar-refractivity contribution in [1.29, 1.82) is 0 Å². The minimum atomic E-state index is -0.277. The molecule has 8 heteroatoms. The number of hydrogen-bond donors (Lipinski definition) is 3. The van der Waals surface area contributed by atoms with Gasteiger partial charge in [-0.05, 0) is 53.7 Å². The molecule has 1 aliphatic heterocycles. The van der Waals surface area contributed by atoms with Gasteiger partial charge in [0.05, 0.1) is 16.1 Å². The Balaban J connectivity index is 1.67. The largest absolute Gasteiger partial charge is 0.504 e. The van der Waals surface area contributed by atoms with Gasteiger partial charge in [0, 0.05) is 16.1 Å². The number of carbonyl (C=O) groups excluding carboxylic acids is 1. The molecule has 3 aromatic rings. The van der Waals surface area contributed by atoms with E-state index in [9.17, 15) is 15.0 Å². The number of benzene rings is 2. The fourth-order valence-electron chi connectivity index (χ4n) is 2.58. The van der Waals surface area contributed by atoms with Gasteiger partial charge in [-0.15, -0.1) is 0 Å². The zero-order chi connectivity index (χ0) is 19.0. The first-order chi connectivity index (χ1) is 13.0. The summed E-state index contributed by atoms with van der Waals surface area (Å²) in [6.07, 6.45) is 3.32. The highest BCUT2D eigenvalue weighted by Gasteiger charge is 2.24. The number of halogens is 1. The molecule has 0 radical (unpaired) electrons. The third-order valence-electron chi connectivity index (χ3n) is 3.87. The number of amides is 1. The summed E-state index contributed by atoms with van der Waals surface area (Å²) in [5.41, 5.74) is 1.98. The average molecular weight is 442 g/mol. The monoisotopic (exact) mass is 441 g/mol. The van der Waals surface area contributed by atoms with Crippen LogP contribution >= 0.6 is 27.7 Å². The normalized spacial score (nSPS) is 17.0. The Morgan fingerprint density at radius 1 is 1.15 bits per heavy atom. The van der Waals surface area contributed by atoms with Crippen molar-refractivity contribution >= 4 is 61.4 Å². The fraction of sp³-hybridized carbons (Fsp3) is 0. The molecule has 134 valence electrons. The third-order valence-corrected chi connectivity index (χ3v) is 5.47. The number of aliphatic imine (C=N–C) groups is 1. The quantitative estimate of drug-likeness (QED) is 0.407. The molecule has 0 saturated carbocycles. The van der Waals surface area contributed by atoms with Crippen LogP contribution in [0.15, 0.2) is 63.0 Å². The van der Waals surface area contributed by atoms with Gasteiger partial charge < -0.3 is 15.5 Å². The van der Waals surface area contributed by atoms with Gasteiger partial charge in [0.15, 0.2) is 16.7 Å². The van der Waals surface area contributed by atoms with Crippen molar-refractivity contribution in [1.82, 2.24) is 10.3 Å². The molecule has 0 atom stereocenters. The predicted octanol–water partition coefficient (Wildman–Crippen LogP) is 4.30. The number of aromatic hydroxyl groups is 2. The molecular formula is C19H12BrN3O3S. The van der Waals surface area contributed by atoms with Crippen molar-refractivity contribution in [2.75, 3.05) is 0 Å². The summed E-state index contributed by atoms with van der Waals surface area (Å²) >= 11 is 4.70. The lowest BCUT2D eigenvalue weighted by molar-refractivity contribution is -0.115. The second kappa shape index (κ2) is 7.05. The Bertz CT molecular complexity index is 1140. The van der Waals surface area contributed by atoms with Crippen LogP contribution in [0.25, 0.3) is 17.0 Å². The van der Waals surface area contributed by atoms with Crippen LogP contribution in [0, 0.1) is 0 Å². The minimum Gasteiger partial charge on any atom is -0.504 e. The van der Waals surface area contributed by atoms with E-state index in [0.29, 0.717) is 21.3 Å². The zero-order valence-electron chi connectivity index (χ0n) is 13.7. The highest BCUT2D eigenvalue weighted by atomic mass is 79.9. The smallest absolute Gasteiger partial charge is 0.264 e. The van der Waals surface area contributed by atoms with E-state index in [4.69, 9.17) is 0 Å². The first-order valence-electron chi connectivity index (χ1n) is 7.86. The molecule has 0 spiro atoms. The van der Waals surface area contributed by atoms with Crippen LogP contribution in [0.3, 0.4) is 0 Å². The molecule has 1 aromatic heterocycles. The number of amidine groups is 1. The third kappa shape index (κ3) is 3.54. The average Bonchev–Trinajstić information content (AvgIpc) is 3.00. The van der Waals surface area contributed by atoms with E-state index in [1.54, 1.807) is 18.3 Å². The van der Waals surface area contributed by atoms with E-state index in [2.05, 4.69) is 31.2 Å². The van der Waals surface area contributed by atoms with Crippen LogP contribution < -0.4 is 5.32 Å². The summed E-state index contributed by atoms with van der Waals surface area (Å²) in [5, 5.41) is 23.1. The van der Waals surface area contributed by atoms with E-state index in [1.165, 1.54) is 23.9 Å². The maximum absolute atomic E-state index is 12.2. The number of thioether (sulfide) groups is 1. The molecule has 1 saturated heterocycles. The maximum Gasteiger partial charge on any atom is 0.264 e. The lowest BCUT2D eigenvalue weighted by Crippen LogP contribution is -2.19. The lowest BCUT2D eigenvalue weighted by atomic mass is 10.2. The number of carbonyl (C=O) groups is 1. The standard InChI is InChI=1S/C19H12BrN3O3S/c20-12-4-5-13(17-11(12)2-1-7-21-17)22-19-23-18(26)16(27-19)9-10-3-6-14(24)15(25)8-10/h1-9,24-25H,(H,22,23,26)/b16-9-. The summed E-state index contributed by atoms with van der Waals surface area (Å²) in [6, 6.07) is 11.9. The molecule has 1 fully saturated rings. The van der Waals surface area contributed by atoms with Crippen LogP contribution in [0.2, 0.25) is 0 Å². The Kier molecular flexibility index (Phi) is 4.59. The Morgan fingerprint density at radius 3 is 2.81 bits per heavy atom. The molecule has 0 aliphatic carbocycles. The molecule has 3 N–H and O–H groups in total. The van der Waals surface area contributed by atoms with Crippen molar-refractivity contribution < 1.29 is 15.0 Å². The molecule has 1 aliphatic rings. The molecule has 2 aromatic carbocycles. The number of nitrogens with one attached hydrogen (secondary N) is 1. The number of phenolic OH excluding ortho intramolecular Hbond substituents is 2. The zero-order valence-corrected chi connectivity index (χ0v) is 16.1. The van der Waals surface area contributed by atoms with Gasteiger partial charge in [0.1, 0.15) is 0 Å². The van der Waals surface area contributed by atoms with Crippen molar-refractivity contribution in [3.63, 3.8) is 0 Å². The summed E-state index contributed by atoms with van der Waals surface area (Å²) in [7, 11) is 0. The van der Waals surface area contributed by atoms with Crippen LogP contribution in [0.1, 0.15) is 5.56 Å². The minimum absolute atomic E-state index is 0.211. The molecule has 0 bridgehead atoms. The van der Waals surface area contributed by atoms with E-state index in [1.807, 2.05) is 24.3 Å². The van der Waals surface area contributed by atoms with Crippen molar-refractivity contribution in [2.45, 2.75) is 0 Å². The second-order valence-corrected chi connectivity index (χ2v) is 7.58. The Morgan fingerprint density at radius 2 is 2.00 bits per heavy atom. The molecule has 0 unspecified atom stereocenters. The topological polar surface area (TPSA) is 94.8 Å². The van der Waals surface area contributed by atoms with Gasteiger partial charge in [0.25, 0.3) is 5.91 Å². The lowest BCUT2D eigenvalue weighted by Gasteiger charge is -2.03. The second-order valence-electron chi connectivity index (χ2n) is 5.70. The maximum atomic E-state index is 12.2. The Hall–Kier alpha value is -2.84. The van der Waals surface area contributed by atoms with Crippen LogP contribution in [0.5, 0.6) is 11.5 Å². The van der Waals surface area contributed by atoms with E-state index in [0.717, 1.165) is 15.4 Å². The van der Waals surface area contributed by atoms with Crippen LogP contribution in [-0.2, 0) is 4.79 Å². The van der Waals surface area contributed by atoms with Gasteiger partial charge in [-0.25, -0.2) is 4.99 Å². The van der Waals surface area contributed by atoms with Gasteiger partial charge >= 0.3 is 0 Å². The number of phenols is 2. The summed E-state index contributed by atoms with van der Waals surface area (Å²) in [6.45, 7) is 0. The number of aromatic nitrogens is 1. The van der Waals surface area contributed by atoms with Crippen molar-refractivity contribution in [3.05, 3.63) is 63.6 Å². The predicted molar refractivity (Wildman–Crippen MR) is 110 cm³/mol. The molecular weight excluding hydrogens is 430 g/mol. The van der Waals surface area contributed by atoms with E-state index >= 15 is 0 Å². The number of hydrogen-bond acceptors (Lipinski definition) is 6. The number of nitrogens with zero attached hydrogens (tertiary/aromatic N) is 2. The highest BCUT2D eigenvalue weighted by molar-refractivity contribution is 9.10. The molecule has 4 rings (SSSR count). The SMILES string of the molecule is O=C1NC(=Nc2ccc(Br)c3cccnc23)S/C1=C\c1ccc(O)c(O)c1. The van der Waals surface area contributed by atoms with Gasteiger partial charge in [0.2, 0.25) is 0 Å². The van der Waals surface area contributed by atoms with Gasteiger partial charge in [-0.1, -0.05) is 28.1 Å². The molecule has 27 heavy (non-hydrogen) atoms. The summed E-state index contributed by atoms with van der Waals surface area (Å²) < 4.78 is 0.922. The summed E-state index contributed by atoms with van der Waals surface area (Å²) in [4.78, 5) is 21.6. The molecule has 1 amide bonds. The van der Waals surface area contributed by atoms with Crippen molar-refractivity contribution in [2.24, 2.45) is 4.99 Å². The fourth-order valence-corrected chi connectivity index (χ4v) is 3.87. The van der Waals surface area contributed by atoms with Gasteiger partial charge in [-0.3, -0.25) is 9.78 Å². The summed E-state index contributed by atoms with van der Waals surface area (Å²) in [5.74, 6) is -0.729.